The standard InChI is InChI=1S/C15H10BrNO2/c1-9-12-7-11(16)4-5-13(12)19-15(9)14(18)10-3-2-6-17-8-10/h2-8H,1H3. The van der Waals surface area contributed by atoms with Crippen LogP contribution in [-0.2, 0) is 0 Å². The van der Waals surface area contributed by atoms with E-state index in [-0.39, 0.29) is 5.78 Å². The molecule has 0 bridgehead atoms. The second-order valence-corrected chi connectivity index (χ2v) is 5.18. The van der Waals surface area contributed by atoms with Crippen LogP contribution < -0.4 is 0 Å². The van der Waals surface area contributed by atoms with Crippen molar-refractivity contribution in [3.05, 3.63) is 64.1 Å². The Kier molecular flexibility index (Phi) is 2.95. The summed E-state index contributed by atoms with van der Waals surface area (Å²) in [6, 6.07) is 9.17. The largest absolute Gasteiger partial charge is 0.452 e. The zero-order chi connectivity index (χ0) is 13.4. The minimum absolute atomic E-state index is 0.141. The molecule has 0 atom stereocenters. The van der Waals surface area contributed by atoms with Crippen molar-refractivity contribution in [2.75, 3.05) is 0 Å². The lowest BCUT2D eigenvalue weighted by atomic mass is 10.1. The van der Waals surface area contributed by atoms with Gasteiger partial charge in [0.15, 0.2) is 5.76 Å². The van der Waals surface area contributed by atoms with E-state index in [1.165, 1.54) is 0 Å². The van der Waals surface area contributed by atoms with Gasteiger partial charge in [-0.2, -0.15) is 0 Å². The predicted octanol–water partition coefficient (Wildman–Crippen LogP) is 4.13. The van der Waals surface area contributed by atoms with Crippen LogP contribution in [-0.4, -0.2) is 10.8 Å². The van der Waals surface area contributed by atoms with E-state index in [4.69, 9.17) is 4.42 Å². The van der Waals surface area contributed by atoms with Crippen LogP contribution in [0.1, 0.15) is 21.7 Å². The molecule has 3 aromatic rings. The number of aryl methyl sites for hydroxylation is 1. The summed E-state index contributed by atoms with van der Waals surface area (Å²) in [6.45, 7) is 1.89. The number of nitrogens with zero attached hydrogens (tertiary/aromatic N) is 1. The molecule has 0 unspecified atom stereocenters. The number of fused-ring (bicyclic) bond motifs is 1. The summed E-state index contributed by atoms with van der Waals surface area (Å²) in [5, 5.41) is 0.946. The summed E-state index contributed by atoms with van der Waals surface area (Å²) < 4.78 is 6.63. The highest BCUT2D eigenvalue weighted by Crippen LogP contribution is 2.29. The molecule has 0 amide bonds. The molecule has 0 spiro atoms. The van der Waals surface area contributed by atoms with Crippen molar-refractivity contribution < 1.29 is 9.21 Å². The molecule has 3 nitrogen and oxygen atoms in total. The molecule has 3 rings (SSSR count). The van der Waals surface area contributed by atoms with Crippen molar-refractivity contribution in [1.29, 1.82) is 0 Å². The molecule has 0 N–H and O–H groups in total. The zero-order valence-electron chi connectivity index (χ0n) is 10.2. The fourth-order valence-corrected chi connectivity index (χ4v) is 2.40. The molecular weight excluding hydrogens is 306 g/mol. The van der Waals surface area contributed by atoms with Crippen LogP contribution in [0, 0.1) is 6.92 Å². The van der Waals surface area contributed by atoms with Crippen LogP contribution in [0.5, 0.6) is 0 Å². The van der Waals surface area contributed by atoms with Crippen molar-refractivity contribution in [3.8, 4) is 0 Å². The molecule has 0 radical (unpaired) electrons. The molecule has 1 aromatic carbocycles. The number of pyridine rings is 1. The third kappa shape index (κ3) is 2.08. The molecule has 0 saturated carbocycles. The highest BCUT2D eigenvalue weighted by Gasteiger charge is 2.19. The van der Waals surface area contributed by atoms with Crippen LogP contribution >= 0.6 is 15.9 Å². The van der Waals surface area contributed by atoms with Gasteiger partial charge in [-0.3, -0.25) is 9.78 Å². The Balaban J connectivity index is 2.16. The number of carbonyl (C=O) groups excluding carboxylic acids is 1. The van der Waals surface area contributed by atoms with E-state index < -0.39 is 0 Å². The average molecular weight is 316 g/mol. The number of aromatic nitrogens is 1. The lowest BCUT2D eigenvalue weighted by Crippen LogP contribution is -2.01. The quantitative estimate of drug-likeness (QED) is 0.668. The van der Waals surface area contributed by atoms with Crippen LogP contribution in [0.4, 0.5) is 0 Å². The Hall–Kier alpha value is -1.94. The number of furan rings is 1. The molecule has 0 aliphatic rings. The minimum Gasteiger partial charge on any atom is -0.452 e. The van der Waals surface area contributed by atoms with Crippen molar-refractivity contribution in [1.82, 2.24) is 4.98 Å². The van der Waals surface area contributed by atoms with E-state index in [1.807, 2.05) is 25.1 Å². The van der Waals surface area contributed by atoms with Gasteiger partial charge in [0.25, 0.3) is 0 Å². The molecule has 2 heterocycles. The Bertz CT molecular complexity index is 762. The van der Waals surface area contributed by atoms with Gasteiger partial charge in [-0.05, 0) is 37.3 Å². The smallest absolute Gasteiger partial charge is 0.230 e. The van der Waals surface area contributed by atoms with Crippen molar-refractivity contribution in [2.45, 2.75) is 6.92 Å². The summed E-state index contributed by atoms with van der Waals surface area (Å²) in [7, 11) is 0. The normalized spacial score (nSPS) is 10.8. The first-order chi connectivity index (χ1) is 9.16. The molecule has 4 heteroatoms. The van der Waals surface area contributed by atoms with E-state index in [0.29, 0.717) is 16.9 Å². The van der Waals surface area contributed by atoms with Gasteiger partial charge in [0.2, 0.25) is 5.78 Å². The Morgan fingerprint density at radius 1 is 1.32 bits per heavy atom. The van der Waals surface area contributed by atoms with Gasteiger partial charge in [-0.15, -0.1) is 0 Å². The Labute approximate surface area is 118 Å². The summed E-state index contributed by atoms with van der Waals surface area (Å²) in [5.74, 6) is 0.235. The second kappa shape index (κ2) is 4.63. The highest BCUT2D eigenvalue weighted by atomic mass is 79.9. The van der Waals surface area contributed by atoms with E-state index >= 15 is 0 Å². The van der Waals surface area contributed by atoms with Gasteiger partial charge in [-0.1, -0.05) is 15.9 Å². The molecule has 0 aliphatic heterocycles. The summed E-state index contributed by atoms with van der Waals surface area (Å²) >= 11 is 3.42. The molecule has 94 valence electrons. The first-order valence-electron chi connectivity index (χ1n) is 5.80. The van der Waals surface area contributed by atoms with Gasteiger partial charge in [-0.25, -0.2) is 0 Å². The number of ketones is 1. The number of hydrogen-bond acceptors (Lipinski definition) is 3. The fraction of sp³-hybridized carbons (Fsp3) is 0.0667. The monoisotopic (exact) mass is 315 g/mol. The third-order valence-electron chi connectivity index (χ3n) is 3.03. The minimum atomic E-state index is -0.141. The van der Waals surface area contributed by atoms with Gasteiger partial charge < -0.3 is 4.42 Å². The molecule has 0 saturated heterocycles. The summed E-state index contributed by atoms with van der Waals surface area (Å²) in [6.07, 6.45) is 3.18. The SMILES string of the molecule is Cc1c(C(=O)c2cccnc2)oc2ccc(Br)cc12. The maximum absolute atomic E-state index is 12.4. The highest BCUT2D eigenvalue weighted by molar-refractivity contribution is 9.10. The van der Waals surface area contributed by atoms with Crippen LogP contribution in [0.15, 0.2) is 51.6 Å². The van der Waals surface area contributed by atoms with E-state index in [0.717, 1.165) is 15.4 Å². The molecule has 19 heavy (non-hydrogen) atoms. The zero-order valence-corrected chi connectivity index (χ0v) is 11.8. The van der Waals surface area contributed by atoms with Crippen LogP contribution in [0.2, 0.25) is 0 Å². The predicted molar refractivity (Wildman–Crippen MR) is 76.3 cm³/mol. The van der Waals surface area contributed by atoms with Gasteiger partial charge >= 0.3 is 0 Å². The van der Waals surface area contributed by atoms with Gasteiger partial charge in [0, 0.05) is 33.4 Å². The van der Waals surface area contributed by atoms with Gasteiger partial charge in [0.05, 0.1) is 0 Å². The molecular formula is C15H10BrNO2. The van der Waals surface area contributed by atoms with Crippen molar-refractivity contribution in [2.24, 2.45) is 0 Å². The van der Waals surface area contributed by atoms with Crippen molar-refractivity contribution in [3.63, 3.8) is 0 Å². The first kappa shape index (κ1) is 12.1. The Morgan fingerprint density at radius 2 is 2.16 bits per heavy atom. The Morgan fingerprint density at radius 3 is 2.89 bits per heavy atom. The van der Waals surface area contributed by atoms with Gasteiger partial charge in [0.1, 0.15) is 5.58 Å². The average Bonchev–Trinajstić information content (AvgIpc) is 2.76. The lowest BCUT2D eigenvalue weighted by molar-refractivity contribution is 0.101. The third-order valence-corrected chi connectivity index (χ3v) is 3.52. The fourth-order valence-electron chi connectivity index (χ4n) is 2.04. The van der Waals surface area contributed by atoms with Crippen molar-refractivity contribution >= 4 is 32.7 Å². The number of halogens is 1. The maximum atomic E-state index is 12.4. The maximum Gasteiger partial charge on any atom is 0.230 e. The van der Waals surface area contributed by atoms with E-state index in [2.05, 4.69) is 20.9 Å². The lowest BCUT2D eigenvalue weighted by Gasteiger charge is -1.97. The second-order valence-electron chi connectivity index (χ2n) is 4.27. The summed E-state index contributed by atoms with van der Waals surface area (Å²) in [4.78, 5) is 16.3. The van der Waals surface area contributed by atoms with E-state index in [9.17, 15) is 4.79 Å². The molecule has 2 aromatic heterocycles. The first-order valence-corrected chi connectivity index (χ1v) is 6.59. The number of hydrogen-bond donors (Lipinski definition) is 0. The summed E-state index contributed by atoms with van der Waals surface area (Å²) in [5.41, 5.74) is 2.10. The topological polar surface area (TPSA) is 43.1 Å². The number of rotatable bonds is 2. The molecule has 0 fully saturated rings. The van der Waals surface area contributed by atoms with Crippen LogP contribution in [0.3, 0.4) is 0 Å². The van der Waals surface area contributed by atoms with Crippen LogP contribution in [0.25, 0.3) is 11.0 Å². The number of benzene rings is 1. The van der Waals surface area contributed by atoms with E-state index in [1.54, 1.807) is 24.5 Å². The molecule has 0 aliphatic carbocycles. The number of carbonyl (C=O) groups is 1.